The monoisotopic (exact) mass is 229 g/mol. The van der Waals surface area contributed by atoms with E-state index in [9.17, 15) is 13.2 Å². The molecular formula is C5H8N3NaO4S. The molecule has 0 unspecified atom stereocenters. The Morgan fingerprint density at radius 1 is 1.36 bits per heavy atom. The number of hydrogen-bond acceptors (Lipinski definition) is 4. The second kappa shape index (κ2) is 5.25. The molecule has 1 rings (SSSR count). The third kappa shape index (κ3) is 4.51. The Balaban J connectivity index is 0.00000169. The van der Waals surface area contributed by atoms with Crippen molar-refractivity contribution in [3.8, 4) is 0 Å². The molecular weight excluding hydrogens is 221 g/mol. The molecule has 0 aliphatic heterocycles. The van der Waals surface area contributed by atoms with Gasteiger partial charge in [-0.25, -0.2) is 9.52 Å². The summed E-state index contributed by atoms with van der Waals surface area (Å²) in [5.41, 5.74) is 4.59. The summed E-state index contributed by atoms with van der Waals surface area (Å²) in [6.45, 7) is 0. The maximum absolute atomic E-state index is 10.9. The van der Waals surface area contributed by atoms with Crippen LogP contribution < -0.4 is 14.7 Å². The van der Waals surface area contributed by atoms with Gasteiger partial charge in [0.2, 0.25) is 0 Å². The summed E-state index contributed by atoms with van der Waals surface area (Å²) in [4.78, 5) is 10.2. The SMILES string of the molecule is NC(=O)NS(=O)(=O)On1cccc1.[NaH]. The van der Waals surface area contributed by atoms with Gasteiger partial charge in [0.05, 0.1) is 0 Å². The second-order valence-corrected chi connectivity index (χ2v) is 3.30. The molecule has 0 aliphatic rings. The summed E-state index contributed by atoms with van der Waals surface area (Å²) < 4.78 is 28.4. The molecule has 0 radical (unpaired) electrons. The zero-order valence-electron chi connectivity index (χ0n) is 6.38. The molecule has 0 spiro atoms. The number of primary amides is 1. The number of nitrogens with two attached hydrogens (primary N) is 1. The molecule has 1 aromatic heterocycles. The zero-order valence-corrected chi connectivity index (χ0v) is 7.19. The molecule has 3 N–H and O–H groups in total. The number of amides is 2. The molecule has 14 heavy (non-hydrogen) atoms. The average Bonchev–Trinajstić information content (AvgIpc) is 2.34. The van der Waals surface area contributed by atoms with Crippen LogP contribution >= 0.6 is 0 Å². The van der Waals surface area contributed by atoms with Crippen molar-refractivity contribution in [2.24, 2.45) is 5.73 Å². The molecule has 7 nitrogen and oxygen atoms in total. The van der Waals surface area contributed by atoms with Crippen LogP contribution in [-0.2, 0) is 10.3 Å². The standard InChI is InChI=1S/C5H7N3O4S.Na.H/c6-5(9)7-13(10,11)12-8-3-1-2-4-8;;/h1-4H,(H3,6,7,9);;. The van der Waals surface area contributed by atoms with E-state index in [0.29, 0.717) is 0 Å². The molecule has 1 heterocycles. The van der Waals surface area contributed by atoms with Gasteiger partial charge in [-0.05, 0) is 12.1 Å². The fourth-order valence-corrected chi connectivity index (χ4v) is 1.23. The number of nitrogens with one attached hydrogen (secondary N) is 1. The number of aromatic nitrogens is 1. The van der Waals surface area contributed by atoms with Crippen LogP contribution in [0.3, 0.4) is 0 Å². The van der Waals surface area contributed by atoms with Gasteiger partial charge in [-0.1, -0.05) is 0 Å². The molecule has 0 saturated carbocycles. The van der Waals surface area contributed by atoms with Crippen LogP contribution in [0.15, 0.2) is 24.5 Å². The molecule has 74 valence electrons. The van der Waals surface area contributed by atoms with E-state index in [4.69, 9.17) is 0 Å². The van der Waals surface area contributed by atoms with Gasteiger partial charge in [0.25, 0.3) is 0 Å². The van der Waals surface area contributed by atoms with Crippen LogP contribution in [0.25, 0.3) is 0 Å². The second-order valence-electron chi connectivity index (χ2n) is 2.04. The van der Waals surface area contributed by atoms with E-state index in [0.717, 1.165) is 4.73 Å². The van der Waals surface area contributed by atoms with E-state index in [1.165, 1.54) is 17.1 Å². The van der Waals surface area contributed by atoms with Gasteiger partial charge >= 0.3 is 45.9 Å². The third-order valence-electron chi connectivity index (χ3n) is 0.987. The Bertz CT molecular complexity index is 387. The summed E-state index contributed by atoms with van der Waals surface area (Å²) in [6.07, 6.45) is 2.69. The van der Waals surface area contributed by atoms with E-state index < -0.39 is 16.3 Å². The molecule has 0 bridgehead atoms. The number of hydrogen-bond donors (Lipinski definition) is 2. The number of carbonyl (C=O) groups excluding carboxylic acids is 1. The van der Waals surface area contributed by atoms with E-state index >= 15 is 0 Å². The number of carbonyl (C=O) groups is 1. The summed E-state index contributed by atoms with van der Waals surface area (Å²) in [5.74, 6) is 0. The molecule has 0 aromatic carbocycles. The maximum atomic E-state index is 10.9. The average molecular weight is 229 g/mol. The Hall–Kier alpha value is -0.700. The first kappa shape index (κ1) is 13.3. The quantitative estimate of drug-likeness (QED) is 0.595. The van der Waals surface area contributed by atoms with Gasteiger partial charge in [-0.2, -0.15) is 13.1 Å². The molecule has 0 fully saturated rings. The fraction of sp³-hybridized carbons (Fsp3) is 0. The van der Waals surface area contributed by atoms with Crippen LogP contribution in [-0.4, -0.2) is 48.7 Å². The van der Waals surface area contributed by atoms with E-state index in [2.05, 4.69) is 10.0 Å². The van der Waals surface area contributed by atoms with Crippen molar-refractivity contribution in [3.63, 3.8) is 0 Å². The van der Waals surface area contributed by atoms with Gasteiger partial charge in [0, 0.05) is 12.4 Å². The molecule has 9 heteroatoms. The summed E-state index contributed by atoms with van der Waals surface area (Å²) >= 11 is 0. The molecule has 0 saturated heterocycles. The topological polar surface area (TPSA) is 103 Å². The minimum absolute atomic E-state index is 0. The normalized spacial score (nSPS) is 10.0. The van der Waals surface area contributed by atoms with Gasteiger partial charge in [0.15, 0.2) is 0 Å². The van der Waals surface area contributed by atoms with Crippen LogP contribution in [0.4, 0.5) is 4.79 Å². The van der Waals surface area contributed by atoms with Gasteiger partial charge in [0.1, 0.15) is 0 Å². The number of nitrogens with zero attached hydrogens (tertiary/aromatic N) is 1. The first-order chi connectivity index (χ1) is 5.99. The van der Waals surface area contributed by atoms with Crippen LogP contribution in [0, 0.1) is 0 Å². The Morgan fingerprint density at radius 2 is 1.86 bits per heavy atom. The van der Waals surface area contributed by atoms with E-state index in [1.54, 1.807) is 12.1 Å². The molecule has 0 atom stereocenters. The number of urea groups is 1. The Kier molecular flexibility index (Phi) is 4.99. The van der Waals surface area contributed by atoms with Crippen molar-refractivity contribution in [3.05, 3.63) is 24.5 Å². The molecule has 1 aromatic rings. The first-order valence-electron chi connectivity index (χ1n) is 3.15. The van der Waals surface area contributed by atoms with Crippen molar-refractivity contribution >= 4 is 45.9 Å². The zero-order chi connectivity index (χ0) is 9.90. The summed E-state index contributed by atoms with van der Waals surface area (Å²) in [5, 5.41) is 0. The Morgan fingerprint density at radius 3 is 2.29 bits per heavy atom. The van der Waals surface area contributed by atoms with Gasteiger partial charge in [-0.3, -0.25) is 4.28 Å². The molecule has 2 amide bonds. The molecule has 0 aliphatic carbocycles. The van der Waals surface area contributed by atoms with Gasteiger partial charge < -0.3 is 5.73 Å². The van der Waals surface area contributed by atoms with Crippen LogP contribution in [0.1, 0.15) is 0 Å². The third-order valence-corrected chi connectivity index (χ3v) is 1.81. The summed E-state index contributed by atoms with van der Waals surface area (Å²) in [7, 11) is -4.17. The van der Waals surface area contributed by atoms with Crippen molar-refractivity contribution in [2.75, 3.05) is 0 Å². The first-order valence-corrected chi connectivity index (χ1v) is 4.55. The van der Waals surface area contributed by atoms with Crippen LogP contribution in [0.2, 0.25) is 0 Å². The van der Waals surface area contributed by atoms with Crippen molar-refractivity contribution in [1.82, 2.24) is 9.45 Å². The van der Waals surface area contributed by atoms with Crippen molar-refractivity contribution < 1.29 is 17.5 Å². The van der Waals surface area contributed by atoms with E-state index in [-0.39, 0.29) is 29.6 Å². The summed E-state index contributed by atoms with van der Waals surface area (Å²) in [6, 6.07) is 1.91. The predicted octanol–water partition coefficient (Wildman–Crippen LogP) is -1.82. The fourth-order valence-electron chi connectivity index (χ4n) is 0.624. The van der Waals surface area contributed by atoms with Gasteiger partial charge in [-0.15, -0.1) is 0 Å². The predicted molar refractivity (Wildman–Crippen MR) is 49.8 cm³/mol. The number of rotatable bonds is 3. The van der Waals surface area contributed by atoms with Crippen molar-refractivity contribution in [1.29, 1.82) is 0 Å². The Labute approximate surface area is 103 Å². The van der Waals surface area contributed by atoms with Crippen molar-refractivity contribution in [2.45, 2.75) is 0 Å². The van der Waals surface area contributed by atoms with Crippen LogP contribution in [0.5, 0.6) is 0 Å². The minimum atomic E-state index is -4.17. The van der Waals surface area contributed by atoms with E-state index in [1.807, 2.05) is 0 Å².